The van der Waals surface area contributed by atoms with Gasteiger partial charge in [0.15, 0.2) is 0 Å². The van der Waals surface area contributed by atoms with Gasteiger partial charge in [-0.1, -0.05) is 17.7 Å². The van der Waals surface area contributed by atoms with Gasteiger partial charge in [0.25, 0.3) is 10.0 Å². The van der Waals surface area contributed by atoms with E-state index in [0.717, 1.165) is 62.3 Å². The minimum atomic E-state index is -4.68. The van der Waals surface area contributed by atoms with E-state index in [9.17, 15) is 26.4 Å². The molecule has 3 aliphatic rings. The quantitative estimate of drug-likeness (QED) is 0.717. The third-order valence-electron chi connectivity index (χ3n) is 6.42. The van der Waals surface area contributed by atoms with Crippen LogP contribution in [-0.4, -0.2) is 20.0 Å². The van der Waals surface area contributed by atoms with E-state index in [1.807, 2.05) is 11.6 Å². The average Bonchev–Trinajstić information content (AvgIpc) is 3.31. The smallest absolute Gasteiger partial charge is 0.328 e. The van der Waals surface area contributed by atoms with Crippen LogP contribution in [0, 0.1) is 5.92 Å². The molecule has 0 saturated heterocycles. The van der Waals surface area contributed by atoms with Gasteiger partial charge in [0, 0.05) is 5.92 Å². The minimum absolute atomic E-state index is 0.108. The number of fused-ring (bicyclic) bond motifs is 1. The Morgan fingerprint density at radius 1 is 1.17 bits per heavy atom. The van der Waals surface area contributed by atoms with E-state index < -0.39 is 38.2 Å². The molecule has 9 heteroatoms. The van der Waals surface area contributed by atoms with Crippen molar-refractivity contribution >= 4 is 16.1 Å². The van der Waals surface area contributed by atoms with Crippen molar-refractivity contribution in [3.8, 4) is 0 Å². The van der Waals surface area contributed by atoms with Crippen molar-refractivity contribution < 1.29 is 26.4 Å². The van der Waals surface area contributed by atoms with Crippen LogP contribution in [0.5, 0.6) is 0 Å². The third kappa shape index (κ3) is 3.64. The average molecular weight is 440 g/mol. The summed E-state index contributed by atoms with van der Waals surface area (Å²) in [6, 6.07) is 2.41. The Labute approximate surface area is 173 Å². The molecule has 0 heterocycles. The van der Waals surface area contributed by atoms with Gasteiger partial charge < -0.3 is 5.32 Å². The molecule has 5 nitrogen and oxygen atoms in total. The van der Waals surface area contributed by atoms with Gasteiger partial charge in [0.2, 0.25) is 0 Å². The van der Waals surface area contributed by atoms with Crippen LogP contribution >= 0.6 is 0 Å². The van der Waals surface area contributed by atoms with Crippen LogP contribution < -0.4 is 10.0 Å². The molecule has 0 spiro atoms. The summed E-state index contributed by atoms with van der Waals surface area (Å²) in [6.07, 6.45) is 3.20. The van der Waals surface area contributed by atoms with Crippen molar-refractivity contribution in [1.29, 1.82) is 0 Å². The van der Waals surface area contributed by atoms with Crippen molar-refractivity contribution in [3.63, 3.8) is 0 Å². The van der Waals surface area contributed by atoms with E-state index in [4.69, 9.17) is 0 Å². The van der Waals surface area contributed by atoms with Crippen molar-refractivity contribution in [2.75, 3.05) is 0 Å². The molecule has 0 aromatic heterocycles. The molecule has 1 aromatic rings. The molecule has 2 amide bonds. The van der Waals surface area contributed by atoms with Gasteiger partial charge in [-0.05, 0) is 74.8 Å². The van der Waals surface area contributed by atoms with Crippen molar-refractivity contribution in [1.82, 2.24) is 10.0 Å². The number of carbonyl (C=O) groups is 1. The van der Waals surface area contributed by atoms with Crippen molar-refractivity contribution in [2.24, 2.45) is 5.92 Å². The molecule has 2 N–H and O–H groups in total. The fourth-order valence-electron chi connectivity index (χ4n) is 5.10. The van der Waals surface area contributed by atoms with Crippen LogP contribution in [0.2, 0.25) is 0 Å². The summed E-state index contributed by atoms with van der Waals surface area (Å²) >= 11 is 0. The number of allylic oxidation sites excluding steroid dienone is 2. The topological polar surface area (TPSA) is 75.3 Å². The largest absolute Gasteiger partial charge is 0.416 e. The summed E-state index contributed by atoms with van der Waals surface area (Å²) in [5.41, 5.74) is 1.84. The maximum Gasteiger partial charge on any atom is 0.416 e. The molecule has 1 fully saturated rings. The van der Waals surface area contributed by atoms with Crippen LogP contribution in [-0.2, 0) is 16.2 Å². The Morgan fingerprint density at radius 3 is 2.67 bits per heavy atom. The van der Waals surface area contributed by atoms with Gasteiger partial charge in [-0.25, -0.2) is 17.9 Å². The Bertz CT molecular complexity index is 1060. The predicted molar refractivity (Wildman–Crippen MR) is 105 cm³/mol. The molecule has 30 heavy (non-hydrogen) atoms. The molecular weight excluding hydrogens is 417 g/mol. The molecule has 1 saturated carbocycles. The molecule has 1 aromatic carbocycles. The Hall–Kier alpha value is -2.29. The van der Waals surface area contributed by atoms with Crippen LogP contribution in [0.3, 0.4) is 0 Å². The summed E-state index contributed by atoms with van der Waals surface area (Å²) in [7, 11) is -4.46. The van der Waals surface area contributed by atoms with Gasteiger partial charge in [0.05, 0.1) is 16.0 Å². The lowest BCUT2D eigenvalue weighted by molar-refractivity contribution is -0.137. The first-order chi connectivity index (χ1) is 14.0. The highest BCUT2D eigenvalue weighted by Gasteiger charge is 2.47. The minimum Gasteiger partial charge on any atom is -0.328 e. The number of urea groups is 1. The summed E-state index contributed by atoms with van der Waals surface area (Å²) in [5.74, 6) is 0.108. The number of amides is 2. The normalized spacial score (nSPS) is 26.1. The summed E-state index contributed by atoms with van der Waals surface area (Å²) in [4.78, 5) is 12.1. The fourth-order valence-corrected chi connectivity index (χ4v) is 6.05. The van der Waals surface area contributed by atoms with Gasteiger partial charge in [-0.2, -0.15) is 13.2 Å². The summed E-state index contributed by atoms with van der Waals surface area (Å²) in [5, 5.41) is 2.86. The molecule has 162 valence electrons. The Morgan fingerprint density at radius 2 is 1.93 bits per heavy atom. The second-order valence-electron chi connectivity index (χ2n) is 8.31. The van der Waals surface area contributed by atoms with Gasteiger partial charge in [0.1, 0.15) is 0 Å². The molecule has 0 bridgehead atoms. The van der Waals surface area contributed by atoms with E-state index in [1.165, 1.54) is 11.1 Å². The first kappa shape index (κ1) is 21.0. The van der Waals surface area contributed by atoms with Gasteiger partial charge >= 0.3 is 12.2 Å². The summed E-state index contributed by atoms with van der Waals surface area (Å²) in [6.45, 7) is 1.92. The number of benzene rings is 1. The molecule has 4 rings (SSSR count). The van der Waals surface area contributed by atoms with Crippen molar-refractivity contribution in [2.45, 2.75) is 62.1 Å². The van der Waals surface area contributed by atoms with E-state index in [1.54, 1.807) is 0 Å². The first-order valence-electron chi connectivity index (χ1n) is 9.96. The number of sulfonamides is 1. The number of rotatable bonds is 3. The molecule has 2 atom stereocenters. The van der Waals surface area contributed by atoms with E-state index in [-0.39, 0.29) is 5.92 Å². The second-order valence-corrected chi connectivity index (χ2v) is 9.99. The second kappa shape index (κ2) is 7.14. The SMILES string of the molecule is CC1(NC(=O)NS(=O)(=O)c2cccc(C(F)(F)F)c2)C2=C(C=C3CCCC31)CCC2. The zero-order chi connectivity index (χ0) is 21.7. The number of nitrogens with one attached hydrogen (secondary N) is 2. The molecular formula is C21H23F3N2O3S. The molecule has 2 unspecified atom stereocenters. The number of carbonyl (C=O) groups excluding carboxylic acids is 1. The van der Waals surface area contributed by atoms with Gasteiger partial charge in [-0.15, -0.1) is 0 Å². The lowest BCUT2D eigenvalue weighted by atomic mass is 9.71. The third-order valence-corrected chi connectivity index (χ3v) is 7.75. The van der Waals surface area contributed by atoms with Crippen LogP contribution in [0.1, 0.15) is 51.0 Å². The highest BCUT2D eigenvalue weighted by atomic mass is 32.2. The van der Waals surface area contributed by atoms with Crippen LogP contribution in [0.4, 0.5) is 18.0 Å². The van der Waals surface area contributed by atoms with E-state index in [2.05, 4.69) is 11.4 Å². The standard InChI is InChI=1S/C21H23F3N2O3S/c1-20(17-9-2-5-13(17)11-14-6-3-10-18(14)20)25-19(27)26-30(28,29)16-8-4-7-15(12-16)21(22,23)24/h4,7-8,11-12,17H,2-3,5-6,9-10H2,1H3,(H2,25,26,27). The lowest BCUT2D eigenvalue weighted by Gasteiger charge is -2.42. The van der Waals surface area contributed by atoms with Crippen LogP contribution in [0.15, 0.2) is 52.0 Å². The number of hydrogen-bond donors (Lipinski definition) is 2. The lowest BCUT2D eigenvalue weighted by Crippen LogP contribution is -2.57. The maximum atomic E-state index is 12.9. The van der Waals surface area contributed by atoms with Crippen molar-refractivity contribution in [3.05, 3.63) is 52.6 Å². The zero-order valence-corrected chi connectivity index (χ0v) is 17.3. The zero-order valence-electron chi connectivity index (χ0n) is 16.5. The molecule has 3 aliphatic carbocycles. The number of hydrogen-bond acceptors (Lipinski definition) is 3. The summed E-state index contributed by atoms with van der Waals surface area (Å²) < 4.78 is 65.8. The van der Waals surface area contributed by atoms with Crippen LogP contribution in [0.25, 0.3) is 0 Å². The molecule has 0 radical (unpaired) electrons. The monoisotopic (exact) mass is 440 g/mol. The van der Waals surface area contributed by atoms with E-state index in [0.29, 0.717) is 6.07 Å². The highest BCUT2D eigenvalue weighted by molar-refractivity contribution is 7.90. The highest BCUT2D eigenvalue weighted by Crippen LogP contribution is 2.50. The molecule has 0 aliphatic heterocycles. The maximum absolute atomic E-state index is 12.9. The van der Waals surface area contributed by atoms with E-state index >= 15 is 0 Å². The Balaban J connectivity index is 1.57. The Kier molecular flexibility index (Phi) is 4.99. The number of halogens is 3. The first-order valence-corrected chi connectivity index (χ1v) is 11.4. The predicted octanol–water partition coefficient (Wildman–Crippen LogP) is 4.67. The van der Waals surface area contributed by atoms with Gasteiger partial charge in [-0.3, -0.25) is 0 Å². The fraction of sp³-hybridized carbons (Fsp3) is 0.476. The number of alkyl halides is 3.